The van der Waals surface area contributed by atoms with E-state index in [1.807, 2.05) is 30.6 Å². The van der Waals surface area contributed by atoms with Gasteiger partial charge in [-0.2, -0.15) is 0 Å². The van der Waals surface area contributed by atoms with E-state index < -0.39 is 5.82 Å². The first-order valence-corrected chi connectivity index (χ1v) is 11.0. The van der Waals surface area contributed by atoms with Gasteiger partial charge in [0, 0.05) is 29.5 Å². The molecule has 4 heterocycles. The lowest BCUT2D eigenvalue weighted by Crippen LogP contribution is -2.62. The van der Waals surface area contributed by atoms with Crippen LogP contribution in [0.5, 0.6) is 0 Å². The molecule has 160 valence electrons. The molecule has 4 rings (SSSR count). The summed E-state index contributed by atoms with van der Waals surface area (Å²) in [4.78, 5) is 22.6. The molecule has 1 amide bonds. The number of aryl methyl sites for hydroxylation is 2. The van der Waals surface area contributed by atoms with Crippen molar-refractivity contribution in [2.24, 2.45) is 0 Å². The molecule has 0 atom stereocenters. The van der Waals surface area contributed by atoms with E-state index in [0.717, 1.165) is 41.2 Å². The van der Waals surface area contributed by atoms with Gasteiger partial charge in [0.1, 0.15) is 10.7 Å². The summed E-state index contributed by atoms with van der Waals surface area (Å²) in [6.07, 6.45) is 5.32. The number of halogens is 1. The van der Waals surface area contributed by atoms with E-state index >= 15 is 0 Å². The second-order valence-corrected chi connectivity index (χ2v) is 10.6. The molecule has 6 nitrogen and oxygen atoms in total. The Bertz CT molecular complexity index is 1110. The molecule has 0 saturated carbocycles. The van der Waals surface area contributed by atoms with Gasteiger partial charge in [-0.25, -0.2) is 9.37 Å². The average molecular weight is 430 g/mol. The number of hydrogen-bond acceptors (Lipinski definition) is 5. The predicted molar refractivity (Wildman–Crippen MR) is 118 cm³/mol. The van der Waals surface area contributed by atoms with Crippen LogP contribution in [-0.2, 0) is 0 Å². The van der Waals surface area contributed by atoms with Crippen LogP contribution in [0.4, 0.5) is 4.39 Å². The van der Waals surface area contributed by atoms with Gasteiger partial charge in [-0.3, -0.25) is 9.78 Å². The zero-order valence-corrected chi connectivity index (χ0v) is 19.1. The Hall–Kier alpha value is -2.32. The summed E-state index contributed by atoms with van der Waals surface area (Å²) in [6, 6.07) is 1.38. The minimum Gasteiger partial charge on any atom is -0.348 e. The number of rotatable bonds is 3. The maximum absolute atomic E-state index is 14.7. The number of fused-ring (bicyclic) bond motifs is 1. The topological polar surface area (TPSA) is 71.3 Å². The van der Waals surface area contributed by atoms with E-state index in [-0.39, 0.29) is 27.9 Å². The first-order chi connectivity index (χ1) is 13.9. The number of nitrogens with zero attached hydrogens (tertiary/aromatic N) is 3. The number of aromatic nitrogens is 3. The van der Waals surface area contributed by atoms with Gasteiger partial charge in [0.2, 0.25) is 0 Å². The molecule has 1 aliphatic rings. The second-order valence-electron chi connectivity index (χ2n) is 9.58. The molecular weight excluding hydrogens is 401 g/mol. The maximum atomic E-state index is 14.7. The Kier molecular flexibility index (Phi) is 4.97. The molecule has 0 spiro atoms. The van der Waals surface area contributed by atoms with Crippen LogP contribution in [-0.4, -0.2) is 37.4 Å². The fourth-order valence-corrected chi connectivity index (χ4v) is 5.64. The number of nitrogens with one attached hydrogen (secondary N) is 2. The van der Waals surface area contributed by atoms with Crippen molar-refractivity contribution in [2.75, 3.05) is 0 Å². The van der Waals surface area contributed by atoms with E-state index in [1.54, 1.807) is 0 Å². The highest BCUT2D eigenvalue weighted by Crippen LogP contribution is 2.32. The van der Waals surface area contributed by atoms with Gasteiger partial charge < -0.3 is 15.0 Å². The molecule has 0 bridgehead atoms. The number of amides is 1. The third kappa shape index (κ3) is 4.11. The summed E-state index contributed by atoms with van der Waals surface area (Å²) in [7, 11) is 0. The molecule has 2 N–H and O–H groups in total. The molecule has 1 fully saturated rings. The summed E-state index contributed by atoms with van der Waals surface area (Å²) >= 11 is 1.14. The molecule has 3 aromatic rings. The quantitative estimate of drug-likeness (QED) is 0.653. The molecule has 30 heavy (non-hydrogen) atoms. The Balaban J connectivity index is 1.58. The molecule has 8 heteroatoms. The van der Waals surface area contributed by atoms with Crippen molar-refractivity contribution < 1.29 is 9.18 Å². The van der Waals surface area contributed by atoms with E-state index in [9.17, 15) is 9.18 Å². The van der Waals surface area contributed by atoms with Crippen LogP contribution in [0.2, 0.25) is 0 Å². The smallest absolute Gasteiger partial charge is 0.264 e. The fraction of sp³-hybridized carbons (Fsp3) is 0.500. The number of carbonyl (C=O) groups excluding carboxylic acids is 1. The highest BCUT2D eigenvalue weighted by molar-refractivity contribution is 7.17. The molecule has 0 radical (unpaired) electrons. The van der Waals surface area contributed by atoms with Crippen molar-refractivity contribution >= 4 is 22.9 Å². The zero-order chi connectivity index (χ0) is 21.8. The summed E-state index contributed by atoms with van der Waals surface area (Å²) in [5.74, 6) is -0.872. The molecule has 1 aliphatic heterocycles. The number of piperidine rings is 1. The van der Waals surface area contributed by atoms with E-state index in [0.29, 0.717) is 10.6 Å². The Morgan fingerprint density at radius 1 is 1.20 bits per heavy atom. The van der Waals surface area contributed by atoms with Gasteiger partial charge in [0.05, 0.1) is 22.0 Å². The van der Waals surface area contributed by atoms with Crippen molar-refractivity contribution in [3.8, 4) is 10.6 Å². The average Bonchev–Trinajstić information content (AvgIpc) is 3.15. The third-order valence-corrected chi connectivity index (χ3v) is 6.53. The number of thiophene rings is 1. The largest absolute Gasteiger partial charge is 0.348 e. The van der Waals surface area contributed by atoms with Crippen LogP contribution in [0.1, 0.15) is 61.6 Å². The van der Waals surface area contributed by atoms with Gasteiger partial charge >= 0.3 is 0 Å². The monoisotopic (exact) mass is 429 g/mol. The van der Waals surface area contributed by atoms with Gasteiger partial charge in [-0.05, 0) is 60.5 Å². The summed E-state index contributed by atoms with van der Waals surface area (Å²) < 4.78 is 16.6. The normalized spacial score (nSPS) is 18.6. The van der Waals surface area contributed by atoms with Crippen molar-refractivity contribution in [3.63, 3.8) is 0 Å². The van der Waals surface area contributed by atoms with Crippen LogP contribution >= 0.6 is 11.3 Å². The SMILES string of the molecule is Cc1cn2cc(-c3cc(F)c(C(=O)NC4CC(C)(C)NC(C)(C)C4)s3)nc2c(C)n1. The highest BCUT2D eigenvalue weighted by atomic mass is 32.1. The van der Waals surface area contributed by atoms with E-state index in [2.05, 4.69) is 48.3 Å². The van der Waals surface area contributed by atoms with Crippen LogP contribution in [0.3, 0.4) is 0 Å². The van der Waals surface area contributed by atoms with Gasteiger partial charge in [0.15, 0.2) is 5.65 Å². The zero-order valence-electron chi connectivity index (χ0n) is 18.3. The Morgan fingerprint density at radius 3 is 2.53 bits per heavy atom. The maximum Gasteiger partial charge on any atom is 0.264 e. The van der Waals surface area contributed by atoms with Crippen molar-refractivity contribution in [2.45, 2.75) is 71.5 Å². The van der Waals surface area contributed by atoms with Crippen LogP contribution < -0.4 is 10.6 Å². The minimum atomic E-state index is -0.511. The first kappa shape index (κ1) is 20.9. The highest BCUT2D eigenvalue weighted by Gasteiger charge is 2.38. The summed E-state index contributed by atoms with van der Waals surface area (Å²) in [6.45, 7) is 12.3. The molecule has 1 saturated heterocycles. The lowest BCUT2D eigenvalue weighted by atomic mass is 9.79. The van der Waals surface area contributed by atoms with Crippen LogP contribution in [0.25, 0.3) is 16.2 Å². The fourth-order valence-electron chi connectivity index (χ4n) is 4.75. The molecular formula is C22H28FN5OS. The first-order valence-electron chi connectivity index (χ1n) is 10.2. The number of imidazole rings is 1. The number of carbonyl (C=O) groups is 1. The second kappa shape index (κ2) is 7.13. The number of hydrogen-bond donors (Lipinski definition) is 2. The molecule has 0 aliphatic carbocycles. The Morgan fingerprint density at radius 2 is 1.87 bits per heavy atom. The summed E-state index contributed by atoms with van der Waals surface area (Å²) in [5.41, 5.74) is 2.87. The lowest BCUT2D eigenvalue weighted by Gasteiger charge is -2.46. The van der Waals surface area contributed by atoms with Crippen molar-refractivity contribution in [1.29, 1.82) is 0 Å². The van der Waals surface area contributed by atoms with E-state index in [4.69, 9.17) is 0 Å². The van der Waals surface area contributed by atoms with Gasteiger partial charge in [-0.15, -0.1) is 11.3 Å². The molecule has 3 aromatic heterocycles. The predicted octanol–water partition coefficient (Wildman–Crippen LogP) is 4.25. The van der Waals surface area contributed by atoms with Gasteiger partial charge in [-0.1, -0.05) is 0 Å². The van der Waals surface area contributed by atoms with Crippen LogP contribution in [0, 0.1) is 19.7 Å². The van der Waals surface area contributed by atoms with E-state index in [1.165, 1.54) is 6.07 Å². The van der Waals surface area contributed by atoms with Crippen molar-refractivity contribution in [3.05, 3.63) is 40.5 Å². The summed E-state index contributed by atoms with van der Waals surface area (Å²) in [5, 5.41) is 6.65. The lowest BCUT2D eigenvalue weighted by molar-refractivity contribution is 0.0874. The Labute approximate surface area is 179 Å². The third-order valence-electron chi connectivity index (χ3n) is 5.40. The molecule has 0 aromatic carbocycles. The minimum absolute atomic E-state index is 0.0133. The molecule has 0 unspecified atom stereocenters. The van der Waals surface area contributed by atoms with Crippen molar-refractivity contribution in [1.82, 2.24) is 25.0 Å². The van der Waals surface area contributed by atoms with Gasteiger partial charge in [0.25, 0.3) is 5.91 Å². The standard InChI is InChI=1S/C22H28FN5OS/c1-12-10-28-11-16(26-19(28)13(2)24-12)17-7-15(23)18(30-17)20(29)25-14-8-21(3,4)27-22(5,6)9-14/h7,10-11,14,27H,8-9H2,1-6H3,(H,25,29). The van der Waals surface area contributed by atoms with Crippen LogP contribution in [0.15, 0.2) is 18.5 Å².